The Balaban J connectivity index is 0.00000288. The number of hydrogen-bond acceptors (Lipinski definition) is 2. The molecule has 1 aromatic rings. The number of benzene rings is 1. The van der Waals surface area contributed by atoms with Gasteiger partial charge in [-0.2, -0.15) is 0 Å². The van der Waals surface area contributed by atoms with Crippen LogP contribution in [0.2, 0.25) is 10.0 Å². The minimum Gasteiger partial charge on any atom is -0.356 e. The summed E-state index contributed by atoms with van der Waals surface area (Å²) in [5, 5.41) is 8.00. The maximum atomic E-state index is 6.19. The van der Waals surface area contributed by atoms with Crippen LogP contribution in [-0.2, 0) is 6.54 Å². The first-order chi connectivity index (χ1) is 11.1. The lowest BCUT2D eigenvalue weighted by atomic mass is 9.94. The van der Waals surface area contributed by atoms with Crippen LogP contribution in [0.15, 0.2) is 23.2 Å². The lowest BCUT2D eigenvalue weighted by Gasteiger charge is -2.29. The van der Waals surface area contributed by atoms with Crippen molar-refractivity contribution < 1.29 is 0 Å². The van der Waals surface area contributed by atoms with Crippen LogP contribution < -0.4 is 10.6 Å². The van der Waals surface area contributed by atoms with Crippen molar-refractivity contribution in [2.75, 3.05) is 33.7 Å². The molecule has 24 heavy (non-hydrogen) atoms. The monoisotopic (exact) mass is 484 g/mol. The summed E-state index contributed by atoms with van der Waals surface area (Å²) >= 11 is 12.1. The van der Waals surface area contributed by atoms with Crippen LogP contribution in [0.25, 0.3) is 0 Å². The van der Waals surface area contributed by atoms with Crippen LogP contribution in [0.4, 0.5) is 0 Å². The third kappa shape index (κ3) is 7.33. The fraction of sp³-hybridized carbons (Fsp3) is 0.588. The smallest absolute Gasteiger partial charge is 0.191 e. The molecular weight excluding hydrogens is 458 g/mol. The number of nitrogens with zero attached hydrogens (tertiary/aromatic N) is 2. The molecule has 0 bridgehead atoms. The van der Waals surface area contributed by atoms with Crippen LogP contribution in [0.5, 0.6) is 0 Å². The first kappa shape index (κ1) is 21.8. The van der Waals surface area contributed by atoms with Gasteiger partial charge in [-0.15, -0.1) is 24.0 Å². The highest BCUT2D eigenvalue weighted by Crippen LogP contribution is 2.21. The molecule has 1 aliphatic rings. The summed E-state index contributed by atoms with van der Waals surface area (Å²) in [6.45, 7) is 4.01. The van der Waals surface area contributed by atoms with E-state index in [9.17, 15) is 0 Å². The van der Waals surface area contributed by atoms with Gasteiger partial charge in [0.1, 0.15) is 0 Å². The van der Waals surface area contributed by atoms with Crippen molar-refractivity contribution in [2.45, 2.75) is 25.8 Å². The molecule has 0 saturated carbocycles. The normalized spacial score (nSPS) is 16.6. The number of aliphatic imine (C=N–C) groups is 1. The van der Waals surface area contributed by atoms with Crippen LogP contribution in [0, 0.1) is 5.92 Å². The molecule has 0 radical (unpaired) electrons. The zero-order valence-corrected chi connectivity index (χ0v) is 18.2. The van der Waals surface area contributed by atoms with E-state index in [0.717, 1.165) is 24.0 Å². The standard InChI is InChI=1S/C17H26Cl2N4.HI/c1-20-17(21-8-5-13-6-9-23(2)10-7-13)22-12-14-3-4-15(18)11-16(14)19;/h3-4,11,13H,5-10,12H2,1-2H3,(H2,20,21,22);1H. The zero-order chi connectivity index (χ0) is 16.7. The Labute approximate surface area is 172 Å². The van der Waals surface area contributed by atoms with E-state index in [4.69, 9.17) is 23.2 Å². The Kier molecular flexibility index (Phi) is 10.3. The molecule has 0 spiro atoms. The van der Waals surface area contributed by atoms with E-state index in [1.807, 2.05) is 12.1 Å². The van der Waals surface area contributed by atoms with E-state index in [-0.39, 0.29) is 24.0 Å². The third-order valence-corrected chi connectivity index (χ3v) is 4.96. The summed E-state index contributed by atoms with van der Waals surface area (Å²) in [7, 11) is 3.98. The molecule has 0 aromatic heterocycles. The first-order valence-electron chi connectivity index (χ1n) is 8.15. The van der Waals surface area contributed by atoms with Crippen LogP contribution in [0.1, 0.15) is 24.8 Å². The predicted octanol–water partition coefficient (Wildman–Crippen LogP) is 4.01. The molecular formula is C17H27Cl2IN4. The highest BCUT2D eigenvalue weighted by molar-refractivity contribution is 14.0. The fourth-order valence-corrected chi connectivity index (χ4v) is 3.29. The number of nitrogens with one attached hydrogen (secondary N) is 2. The SMILES string of the molecule is CN=C(NCCC1CCN(C)CC1)NCc1ccc(Cl)cc1Cl.I. The average molecular weight is 485 g/mol. The second kappa shape index (κ2) is 11.4. The van der Waals surface area contributed by atoms with E-state index in [0.29, 0.717) is 16.6 Å². The van der Waals surface area contributed by atoms with Gasteiger partial charge in [-0.05, 0) is 63.0 Å². The summed E-state index contributed by atoms with van der Waals surface area (Å²) < 4.78 is 0. The van der Waals surface area contributed by atoms with Gasteiger partial charge in [0.05, 0.1) is 0 Å². The molecule has 1 aliphatic heterocycles. The molecule has 1 fully saturated rings. The molecule has 0 amide bonds. The van der Waals surface area contributed by atoms with Crippen molar-refractivity contribution in [2.24, 2.45) is 10.9 Å². The largest absolute Gasteiger partial charge is 0.356 e. The molecule has 7 heteroatoms. The quantitative estimate of drug-likeness (QED) is 0.377. The molecule has 0 unspecified atom stereocenters. The maximum absolute atomic E-state index is 6.19. The average Bonchev–Trinajstić information content (AvgIpc) is 2.54. The first-order valence-corrected chi connectivity index (χ1v) is 8.91. The highest BCUT2D eigenvalue weighted by Gasteiger charge is 2.16. The third-order valence-electron chi connectivity index (χ3n) is 4.37. The highest BCUT2D eigenvalue weighted by atomic mass is 127. The number of piperidine rings is 1. The van der Waals surface area contributed by atoms with Crippen molar-refractivity contribution in [1.29, 1.82) is 0 Å². The van der Waals surface area contributed by atoms with Crippen molar-refractivity contribution in [1.82, 2.24) is 15.5 Å². The van der Waals surface area contributed by atoms with E-state index in [1.165, 1.54) is 32.4 Å². The molecule has 2 rings (SSSR count). The van der Waals surface area contributed by atoms with Gasteiger partial charge in [-0.3, -0.25) is 4.99 Å². The Morgan fingerprint density at radius 1 is 1.25 bits per heavy atom. The Morgan fingerprint density at radius 2 is 1.96 bits per heavy atom. The second-order valence-corrected chi connectivity index (χ2v) is 6.97. The van der Waals surface area contributed by atoms with Gasteiger partial charge in [0.25, 0.3) is 0 Å². The Morgan fingerprint density at radius 3 is 2.58 bits per heavy atom. The van der Waals surface area contributed by atoms with Crippen molar-refractivity contribution >= 4 is 53.1 Å². The number of rotatable bonds is 5. The number of halogens is 3. The van der Waals surface area contributed by atoms with E-state index in [2.05, 4.69) is 27.6 Å². The molecule has 2 N–H and O–H groups in total. The van der Waals surface area contributed by atoms with Crippen LogP contribution >= 0.6 is 47.2 Å². The molecule has 0 atom stereocenters. The van der Waals surface area contributed by atoms with Crippen LogP contribution in [0.3, 0.4) is 0 Å². The van der Waals surface area contributed by atoms with Crippen molar-refractivity contribution in [3.8, 4) is 0 Å². The minimum absolute atomic E-state index is 0. The number of guanidine groups is 1. The Hall–Kier alpha value is -0.240. The summed E-state index contributed by atoms with van der Waals surface area (Å²) in [4.78, 5) is 6.67. The summed E-state index contributed by atoms with van der Waals surface area (Å²) in [5.41, 5.74) is 1.01. The lowest BCUT2D eigenvalue weighted by molar-refractivity contribution is 0.213. The van der Waals surface area contributed by atoms with E-state index >= 15 is 0 Å². The van der Waals surface area contributed by atoms with Gasteiger partial charge in [0, 0.05) is 30.2 Å². The lowest BCUT2D eigenvalue weighted by Crippen LogP contribution is -2.38. The van der Waals surface area contributed by atoms with E-state index in [1.54, 1.807) is 13.1 Å². The van der Waals surface area contributed by atoms with E-state index < -0.39 is 0 Å². The number of hydrogen-bond donors (Lipinski definition) is 2. The van der Waals surface area contributed by atoms with Crippen LogP contribution in [-0.4, -0.2) is 44.6 Å². The number of likely N-dealkylation sites (tertiary alicyclic amines) is 1. The topological polar surface area (TPSA) is 39.7 Å². The van der Waals surface area contributed by atoms with Gasteiger partial charge >= 0.3 is 0 Å². The second-order valence-electron chi connectivity index (χ2n) is 6.12. The molecule has 4 nitrogen and oxygen atoms in total. The zero-order valence-electron chi connectivity index (χ0n) is 14.3. The minimum atomic E-state index is 0. The fourth-order valence-electron chi connectivity index (χ4n) is 2.81. The molecule has 1 heterocycles. The van der Waals surface area contributed by atoms with Gasteiger partial charge in [0.15, 0.2) is 5.96 Å². The van der Waals surface area contributed by atoms with Crippen molar-refractivity contribution in [3.05, 3.63) is 33.8 Å². The molecule has 1 aromatic carbocycles. The summed E-state index contributed by atoms with van der Waals surface area (Å²) in [6, 6.07) is 5.54. The van der Waals surface area contributed by atoms with Gasteiger partial charge < -0.3 is 15.5 Å². The van der Waals surface area contributed by atoms with Gasteiger partial charge in [-0.1, -0.05) is 29.3 Å². The summed E-state index contributed by atoms with van der Waals surface area (Å²) in [5.74, 6) is 1.63. The maximum Gasteiger partial charge on any atom is 0.191 e. The summed E-state index contributed by atoms with van der Waals surface area (Å²) in [6.07, 6.45) is 3.78. The van der Waals surface area contributed by atoms with Crippen molar-refractivity contribution in [3.63, 3.8) is 0 Å². The predicted molar refractivity (Wildman–Crippen MR) is 115 cm³/mol. The van der Waals surface area contributed by atoms with Gasteiger partial charge in [0.2, 0.25) is 0 Å². The molecule has 0 aliphatic carbocycles. The molecule has 1 saturated heterocycles. The van der Waals surface area contributed by atoms with Gasteiger partial charge in [-0.25, -0.2) is 0 Å². The Bertz CT molecular complexity index is 531. The molecule has 136 valence electrons.